The number of amides is 1. The fraction of sp³-hybridized carbons (Fsp3) is 0.222. The van der Waals surface area contributed by atoms with Gasteiger partial charge in [0, 0.05) is 19.8 Å². The Balaban J connectivity index is 1.94. The van der Waals surface area contributed by atoms with Crippen molar-refractivity contribution in [1.82, 2.24) is 24.2 Å². The summed E-state index contributed by atoms with van der Waals surface area (Å²) in [5.41, 5.74) is 0.249. The molecular formula is C18H16IN5O3. The van der Waals surface area contributed by atoms with E-state index in [0.717, 1.165) is 15.5 Å². The zero-order valence-electron chi connectivity index (χ0n) is 14.4. The van der Waals surface area contributed by atoms with Crippen LogP contribution >= 0.6 is 22.6 Å². The fourth-order valence-electron chi connectivity index (χ4n) is 3.47. The van der Waals surface area contributed by atoms with Crippen molar-refractivity contribution in [2.45, 2.75) is 12.1 Å². The largest absolute Gasteiger partial charge is 0.502 e. The van der Waals surface area contributed by atoms with Gasteiger partial charge in [-0.25, -0.2) is 9.67 Å². The third-order valence-electron chi connectivity index (χ3n) is 4.71. The molecule has 0 saturated carbocycles. The molecule has 1 aliphatic rings. The number of halogens is 1. The quantitative estimate of drug-likeness (QED) is 0.580. The monoisotopic (exact) mass is 477 g/mol. The van der Waals surface area contributed by atoms with Gasteiger partial charge in [-0.15, -0.1) is 0 Å². The number of aromatic hydroxyl groups is 1. The molecule has 1 N–H and O–H groups in total. The number of benzene rings is 1. The maximum absolute atomic E-state index is 12.6. The number of imidazole rings is 1. The van der Waals surface area contributed by atoms with Crippen LogP contribution in [0.5, 0.6) is 5.75 Å². The molecule has 3 aromatic rings. The van der Waals surface area contributed by atoms with Crippen LogP contribution < -0.4 is 5.43 Å². The molecule has 0 saturated heterocycles. The van der Waals surface area contributed by atoms with E-state index in [-0.39, 0.29) is 17.8 Å². The minimum atomic E-state index is -0.669. The van der Waals surface area contributed by atoms with Crippen LogP contribution in [0.1, 0.15) is 28.1 Å². The third kappa shape index (κ3) is 3.01. The molecule has 0 fully saturated rings. The molecule has 1 amide bonds. The van der Waals surface area contributed by atoms with Crippen LogP contribution in [0.3, 0.4) is 0 Å². The van der Waals surface area contributed by atoms with Crippen molar-refractivity contribution in [2.24, 2.45) is 0 Å². The molecule has 8 nitrogen and oxygen atoms in total. The number of rotatable bonds is 3. The van der Waals surface area contributed by atoms with E-state index < -0.39 is 17.1 Å². The molecule has 0 bridgehead atoms. The van der Waals surface area contributed by atoms with Gasteiger partial charge in [0.1, 0.15) is 3.70 Å². The number of hydrogen-bond acceptors (Lipinski definition) is 5. The van der Waals surface area contributed by atoms with Crippen LogP contribution in [-0.4, -0.2) is 48.8 Å². The number of carbonyl (C=O) groups is 1. The summed E-state index contributed by atoms with van der Waals surface area (Å²) in [5, 5.41) is 14.4. The molecule has 0 radical (unpaired) electrons. The van der Waals surface area contributed by atoms with Crippen molar-refractivity contribution in [3.63, 3.8) is 0 Å². The van der Waals surface area contributed by atoms with E-state index in [1.807, 2.05) is 41.1 Å². The lowest BCUT2D eigenvalue weighted by molar-refractivity contribution is 0.0671. The van der Waals surface area contributed by atoms with Crippen LogP contribution in [0.4, 0.5) is 0 Å². The molecule has 2 aromatic heterocycles. The van der Waals surface area contributed by atoms with Crippen LogP contribution in [0.15, 0.2) is 53.8 Å². The van der Waals surface area contributed by atoms with Crippen LogP contribution in [0.2, 0.25) is 0 Å². The average Bonchev–Trinajstić information content (AvgIpc) is 3.08. The number of likely N-dealkylation sites (N-methyl/N-ethyl adjacent to an activating group) is 1. The number of nitrogens with zero attached hydrogens (tertiary/aromatic N) is 5. The third-order valence-corrected chi connectivity index (χ3v) is 5.26. The second-order valence-corrected chi connectivity index (χ2v) is 7.51. The first-order chi connectivity index (χ1) is 13.0. The van der Waals surface area contributed by atoms with Gasteiger partial charge in [-0.05, 0) is 28.2 Å². The summed E-state index contributed by atoms with van der Waals surface area (Å²) < 4.78 is 4.26. The second kappa shape index (κ2) is 6.80. The fourth-order valence-corrected chi connectivity index (χ4v) is 3.92. The minimum absolute atomic E-state index is 0.0861. The predicted octanol–water partition coefficient (Wildman–Crippen LogP) is 1.67. The van der Waals surface area contributed by atoms with E-state index >= 15 is 0 Å². The first kappa shape index (κ1) is 17.7. The molecule has 3 heterocycles. The van der Waals surface area contributed by atoms with Gasteiger partial charge in [-0.1, -0.05) is 30.3 Å². The zero-order valence-corrected chi connectivity index (χ0v) is 16.5. The summed E-state index contributed by atoms with van der Waals surface area (Å²) in [5.74, 6) is -1.00. The molecule has 27 heavy (non-hydrogen) atoms. The Kier molecular flexibility index (Phi) is 4.46. The molecule has 0 unspecified atom stereocenters. The number of fused-ring (bicyclic) bond motifs is 1. The van der Waals surface area contributed by atoms with Gasteiger partial charge >= 0.3 is 0 Å². The number of aromatic nitrogens is 4. The Labute approximate surface area is 168 Å². The highest BCUT2D eigenvalue weighted by Crippen LogP contribution is 2.35. The smallest absolute Gasteiger partial charge is 0.275 e. The molecule has 0 aliphatic carbocycles. The van der Waals surface area contributed by atoms with Gasteiger partial charge in [-0.3, -0.25) is 9.59 Å². The van der Waals surface area contributed by atoms with Crippen molar-refractivity contribution in [1.29, 1.82) is 0 Å². The molecule has 2 atom stereocenters. The van der Waals surface area contributed by atoms with E-state index in [2.05, 4.69) is 32.7 Å². The first-order valence-corrected chi connectivity index (χ1v) is 9.35. The highest BCUT2D eigenvalue weighted by Gasteiger charge is 2.38. The number of hydrogen-bond donors (Lipinski definition) is 1. The van der Waals surface area contributed by atoms with Crippen molar-refractivity contribution >= 4 is 28.5 Å². The lowest BCUT2D eigenvalue weighted by atomic mass is 9.96. The van der Waals surface area contributed by atoms with Gasteiger partial charge in [0.25, 0.3) is 5.91 Å². The molecule has 4 rings (SSSR count). The first-order valence-electron chi connectivity index (χ1n) is 8.27. The summed E-state index contributed by atoms with van der Waals surface area (Å²) in [4.78, 5) is 30.2. The van der Waals surface area contributed by atoms with Crippen LogP contribution in [0, 0.1) is 3.70 Å². The molecular weight excluding hydrogens is 461 g/mol. The van der Waals surface area contributed by atoms with Gasteiger partial charge in [-0.2, -0.15) is 5.10 Å². The predicted molar refractivity (Wildman–Crippen MR) is 106 cm³/mol. The van der Waals surface area contributed by atoms with E-state index in [1.165, 1.54) is 9.58 Å². The highest BCUT2D eigenvalue weighted by atomic mass is 127. The highest BCUT2D eigenvalue weighted by molar-refractivity contribution is 14.1. The SMILES string of the molecule is CN1C[C@H]([C@H](c2ccccc2)n2cnc(I)c2)n2ncc(=O)c(O)c2C1=O. The van der Waals surface area contributed by atoms with E-state index in [4.69, 9.17) is 0 Å². The maximum atomic E-state index is 12.6. The molecule has 138 valence electrons. The van der Waals surface area contributed by atoms with Gasteiger partial charge in [0.05, 0.1) is 24.6 Å². The molecule has 0 spiro atoms. The van der Waals surface area contributed by atoms with Crippen LogP contribution in [-0.2, 0) is 0 Å². The lowest BCUT2D eigenvalue weighted by Crippen LogP contribution is -2.46. The van der Waals surface area contributed by atoms with E-state index in [1.54, 1.807) is 13.4 Å². The van der Waals surface area contributed by atoms with Crippen molar-refractivity contribution in [2.75, 3.05) is 13.6 Å². The molecule has 9 heteroatoms. The Morgan fingerprint density at radius 3 is 2.67 bits per heavy atom. The maximum Gasteiger partial charge on any atom is 0.275 e. The second-order valence-electron chi connectivity index (χ2n) is 6.40. The summed E-state index contributed by atoms with van der Waals surface area (Å²) in [6.07, 6.45) is 4.69. The Bertz CT molecular complexity index is 1060. The number of carbonyl (C=O) groups excluding carboxylic acids is 1. The Hall–Kier alpha value is -2.69. The average molecular weight is 477 g/mol. The van der Waals surface area contributed by atoms with Crippen molar-refractivity contribution in [3.05, 3.63) is 74.2 Å². The summed E-state index contributed by atoms with van der Waals surface area (Å²) in [6, 6.07) is 9.25. The topological polar surface area (TPSA) is 93.2 Å². The Morgan fingerprint density at radius 2 is 2.00 bits per heavy atom. The van der Waals surface area contributed by atoms with E-state index in [0.29, 0.717) is 6.54 Å². The summed E-state index contributed by atoms with van der Waals surface area (Å²) >= 11 is 2.14. The molecule has 1 aliphatic heterocycles. The summed E-state index contributed by atoms with van der Waals surface area (Å²) in [6.45, 7) is 0.370. The minimum Gasteiger partial charge on any atom is -0.502 e. The zero-order chi connectivity index (χ0) is 19.1. The van der Waals surface area contributed by atoms with Gasteiger partial charge in [0.15, 0.2) is 11.4 Å². The van der Waals surface area contributed by atoms with Gasteiger partial charge in [0.2, 0.25) is 5.43 Å². The van der Waals surface area contributed by atoms with E-state index in [9.17, 15) is 14.7 Å². The Morgan fingerprint density at radius 1 is 1.26 bits per heavy atom. The summed E-state index contributed by atoms with van der Waals surface area (Å²) in [7, 11) is 1.65. The normalized spacial score (nSPS) is 17.6. The van der Waals surface area contributed by atoms with Crippen molar-refractivity contribution in [3.8, 4) is 5.75 Å². The lowest BCUT2D eigenvalue weighted by Gasteiger charge is -2.37. The van der Waals surface area contributed by atoms with Crippen molar-refractivity contribution < 1.29 is 9.90 Å². The standard InChI is InChI=1S/C18H16IN5O3/c1-22-8-12(24-16(18(22)27)17(26)13(25)7-21-24)15(11-5-3-2-4-6-11)23-9-14(19)20-10-23/h2-7,9-10,12,15,26H,8H2,1H3/t12-,15+/m1/s1. The van der Waals surface area contributed by atoms with Crippen LogP contribution in [0.25, 0.3) is 0 Å². The molecule has 1 aromatic carbocycles. The van der Waals surface area contributed by atoms with Gasteiger partial charge < -0.3 is 14.6 Å².